The van der Waals surface area contributed by atoms with Crippen molar-refractivity contribution in [2.45, 2.75) is 6.42 Å². The minimum atomic E-state index is -0.349. The van der Waals surface area contributed by atoms with Gasteiger partial charge in [-0.15, -0.1) is 0 Å². The predicted molar refractivity (Wildman–Crippen MR) is 65.5 cm³/mol. The van der Waals surface area contributed by atoms with Gasteiger partial charge in [0.25, 0.3) is 0 Å². The van der Waals surface area contributed by atoms with E-state index in [1.54, 1.807) is 30.1 Å². The van der Waals surface area contributed by atoms with Gasteiger partial charge in [0.2, 0.25) is 0 Å². The zero-order valence-electron chi connectivity index (χ0n) is 8.90. The van der Waals surface area contributed by atoms with Crippen LogP contribution >= 0.6 is 12.2 Å². The molecule has 0 fully saturated rings. The molecule has 1 aromatic carbocycles. The molecule has 84 valence electrons. The van der Waals surface area contributed by atoms with Crippen LogP contribution in [0.4, 0.5) is 10.1 Å². The molecule has 0 atom stereocenters. The van der Waals surface area contributed by atoms with Gasteiger partial charge in [0.1, 0.15) is 5.82 Å². The van der Waals surface area contributed by atoms with Crippen LogP contribution in [-0.4, -0.2) is 23.6 Å². The monoisotopic (exact) mass is 237 g/mol. The zero-order chi connectivity index (χ0) is 12.0. The molecule has 0 saturated carbocycles. The first-order valence-corrected chi connectivity index (χ1v) is 5.19. The molecule has 1 aromatic rings. The summed E-state index contributed by atoms with van der Waals surface area (Å²) in [5.74, 6) is -0.349. The second kappa shape index (κ2) is 6.03. The number of benzene rings is 1. The Morgan fingerprint density at radius 2 is 2.25 bits per heavy atom. The number of nitrogens with zero attached hydrogens (tertiary/aromatic N) is 2. The van der Waals surface area contributed by atoms with E-state index in [0.717, 1.165) is 0 Å². The first kappa shape index (κ1) is 12.4. The summed E-state index contributed by atoms with van der Waals surface area (Å²) in [7, 11) is 1.76. The second-order valence-corrected chi connectivity index (χ2v) is 3.63. The Labute approximate surface area is 99.5 Å². The van der Waals surface area contributed by atoms with Gasteiger partial charge in [0.15, 0.2) is 5.11 Å². The number of hydrogen-bond donors (Lipinski definition) is 1. The lowest BCUT2D eigenvalue weighted by Crippen LogP contribution is -2.32. The number of para-hydroxylation sites is 1. The third kappa shape index (κ3) is 3.48. The van der Waals surface area contributed by atoms with Crippen molar-refractivity contribution in [1.82, 2.24) is 4.90 Å². The van der Waals surface area contributed by atoms with Crippen molar-refractivity contribution >= 4 is 23.0 Å². The van der Waals surface area contributed by atoms with E-state index in [9.17, 15) is 4.39 Å². The van der Waals surface area contributed by atoms with Gasteiger partial charge in [-0.2, -0.15) is 5.26 Å². The summed E-state index contributed by atoms with van der Waals surface area (Å²) in [5.41, 5.74) is 0.344. The third-order valence-electron chi connectivity index (χ3n) is 2.02. The van der Waals surface area contributed by atoms with Crippen molar-refractivity contribution in [2.75, 3.05) is 18.9 Å². The fourth-order valence-electron chi connectivity index (χ4n) is 1.09. The van der Waals surface area contributed by atoms with Crippen molar-refractivity contribution in [3.8, 4) is 6.07 Å². The van der Waals surface area contributed by atoms with E-state index >= 15 is 0 Å². The van der Waals surface area contributed by atoms with Crippen LogP contribution in [0, 0.1) is 17.1 Å². The van der Waals surface area contributed by atoms with Gasteiger partial charge < -0.3 is 10.2 Å². The maximum absolute atomic E-state index is 13.3. The maximum Gasteiger partial charge on any atom is 0.173 e. The minimum Gasteiger partial charge on any atom is -0.351 e. The number of rotatable bonds is 3. The lowest BCUT2D eigenvalue weighted by Gasteiger charge is -2.19. The molecule has 0 aliphatic carbocycles. The number of hydrogen-bond acceptors (Lipinski definition) is 2. The summed E-state index contributed by atoms with van der Waals surface area (Å²) >= 11 is 5.07. The molecule has 0 aromatic heterocycles. The summed E-state index contributed by atoms with van der Waals surface area (Å²) in [5, 5.41) is 11.6. The minimum absolute atomic E-state index is 0.344. The maximum atomic E-state index is 13.3. The quantitative estimate of drug-likeness (QED) is 0.819. The Morgan fingerprint density at radius 1 is 1.56 bits per heavy atom. The van der Waals surface area contributed by atoms with Gasteiger partial charge >= 0.3 is 0 Å². The highest BCUT2D eigenvalue weighted by Crippen LogP contribution is 2.12. The van der Waals surface area contributed by atoms with Gasteiger partial charge in [-0.1, -0.05) is 12.1 Å². The van der Waals surface area contributed by atoms with Crippen molar-refractivity contribution < 1.29 is 4.39 Å². The molecule has 0 spiro atoms. The number of nitriles is 1. The number of thiocarbonyl (C=S) groups is 1. The van der Waals surface area contributed by atoms with Crippen LogP contribution < -0.4 is 5.32 Å². The van der Waals surface area contributed by atoms with E-state index in [-0.39, 0.29) is 5.82 Å². The van der Waals surface area contributed by atoms with Crippen molar-refractivity contribution in [3.63, 3.8) is 0 Å². The molecule has 5 heteroatoms. The Kier molecular flexibility index (Phi) is 4.67. The van der Waals surface area contributed by atoms with Crippen LogP contribution in [-0.2, 0) is 0 Å². The van der Waals surface area contributed by atoms with Gasteiger partial charge in [-0.05, 0) is 24.4 Å². The topological polar surface area (TPSA) is 39.1 Å². The molecule has 0 radical (unpaired) electrons. The highest BCUT2D eigenvalue weighted by atomic mass is 32.1. The highest BCUT2D eigenvalue weighted by molar-refractivity contribution is 7.80. The Balaban J connectivity index is 2.58. The summed E-state index contributed by atoms with van der Waals surface area (Å²) in [6.45, 7) is 0.525. The largest absolute Gasteiger partial charge is 0.351 e. The van der Waals surface area contributed by atoms with E-state index < -0.39 is 0 Å². The molecule has 3 nitrogen and oxygen atoms in total. The summed E-state index contributed by atoms with van der Waals surface area (Å²) in [4.78, 5) is 1.70. The van der Waals surface area contributed by atoms with Crippen LogP contribution in [0.1, 0.15) is 6.42 Å². The Hall–Kier alpha value is -1.67. The zero-order valence-corrected chi connectivity index (χ0v) is 9.72. The van der Waals surface area contributed by atoms with Crippen LogP contribution in [0.5, 0.6) is 0 Å². The lowest BCUT2D eigenvalue weighted by atomic mass is 10.3. The predicted octanol–water partition coefficient (Wildman–Crippen LogP) is 2.37. The summed E-state index contributed by atoms with van der Waals surface area (Å²) < 4.78 is 13.3. The van der Waals surface area contributed by atoms with E-state index in [1.165, 1.54) is 6.07 Å². The van der Waals surface area contributed by atoms with Gasteiger partial charge in [-0.25, -0.2) is 4.39 Å². The molecule has 16 heavy (non-hydrogen) atoms. The van der Waals surface area contributed by atoms with Crippen LogP contribution in [0.25, 0.3) is 0 Å². The van der Waals surface area contributed by atoms with E-state index in [4.69, 9.17) is 17.5 Å². The Bertz CT molecular complexity index is 414. The Morgan fingerprint density at radius 3 is 2.88 bits per heavy atom. The average Bonchev–Trinajstić information content (AvgIpc) is 2.28. The standard InChI is InChI=1S/C11H12FN3S/c1-15(8-4-7-13)11(16)14-10-6-3-2-5-9(10)12/h2-3,5-6H,4,8H2,1H3,(H,14,16). The molecule has 0 unspecified atom stereocenters. The van der Waals surface area contributed by atoms with Crippen molar-refractivity contribution in [3.05, 3.63) is 30.1 Å². The normalized spacial score (nSPS) is 9.31. The van der Waals surface area contributed by atoms with Crippen molar-refractivity contribution in [1.29, 1.82) is 5.26 Å². The number of halogens is 1. The molecule has 0 aliphatic rings. The molecule has 1 N–H and O–H groups in total. The number of anilines is 1. The average molecular weight is 237 g/mol. The fraction of sp³-hybridized carbons (Fsp3) is 0.273. The smallest absolute Gasteiger partial charge is 0.173 e. The first-order chi connectivity index (χ1) is 7.65. The molecule has 1 rings (SSSR count). The summed E-state index contributed by atoms with van der Waals surface area (Å²) in [6.07, 6.45) is 0.385. The van der Waals surface area contributed by atoms with Crippen LogP contribution in [0.3, 0.4) is 0 Å². The molecular formula is C11H12FN3S. The first-order valence-electron chi connectivity index (χ1n) is 4.78. The molecular weight excluding hydrogens is 225 g/mol. The lowest BCUT2D eigenvalue weighted by molar-refractivity contribution is 0.523. The highest BCUT2D eigenvalue weighted by Gasteiger charge is 2.06. The van der Waals surface area contributed by atoms with Gasteiger partial charge in [0, 0.05) is 13.6 Å². The third-order valence-corrected chi connectivity index (χ3v) is 2.43. The van der Waals surface area contributed by atoms with E-state index in [2.05, 4.69) is 5.32 Å². The molecule has 0 heterocycles. The van der Waals surface area contributed by atoms with E-state index in [1.807, 2.05) is 6.07 Å². The number of nitrogens with one attached hydrogen (secondary N) is 1. The van der Waals surface area contributed by atoms with Gasteiger partial charge in [-0.3, -0.25) is 0 Å². The van der Waals surface area contributed by atoms with Crippen LogP contribution in [0.2, 0.25) is 0 Å². The van der Waals surface area contributed by atoms with Gasteiger partial charge in [0.05, 0.1) is 18.2 Å². The second-order valence-electron chi connectivity index (χ2n) is 3.24. The molecule has 0 saturated heterocycles. The fourth-order valence-corrected chi connectivity index (χ4v) is 1.29. The SMILES string of the molecule is CN(CCC#N)C(=S)Nc1ccccc1F. The molecule has 0 aliphatic heterocycles. The summed E-state index contributed by atoms with van der Waals surface area (Å²) in [6, 6.07) is 8.34. The van der Waals surface area contributed by atoms with Crippen molar-refractivity contribution in [2.24, 2.45) is 0 Å². The molecule has 0 amide bonds. The van der Waals surface area contributed by atoms with E-state index in [0.29, 0.717) is 23.8 Å². The molecule has 0 bridgehead atoms. The van der Waals surface area contributed by atoms with Crippen LogP contribution in [0.15, 0.2) is 24.3 Å².